The standard InChI is InChI=1S/C42H26BNO3/c1-4-11-27(12-5-1)28-19-22-34-40(23-28)45-36-17-10-18-37-42(36)43(34)35-26-39-33(25-41(35)46-37)32-21-20-31(24-38(32)47-39)44(29-13-6-2-7-14-29)30-15-8-3-9-16-30/h1-26H. The van der Waals surface area contributed by atoms with Crippen molar-refractivity contribution in [1.82, 2.24) is 0 Å². The largest absolute Gasteiger partial charge is 0.458 e. The van der Waals surface area contributed by atoms with E-state index < -0.39 is 0 Å². The molecule has 2 aliphatic heterocycles. The molecule has 4 nitrogen and oxygen atoms in total. The van der Waals surface area contributed by atoms with Gasteiger partial charge < -0.3 is 18.8 Å². The first kappa shape index (κ1) is 26.1. The van der Waals surface area contributed by atoms with Crippen molar-refractivity contribution in [3.8, 4) is 34.1 Å². The lowest BCUT2D eigenvalue weighted by Crippen LogP contribution is -2.57. The van der Waals surface area contributed by atoms with Crippen LogP contribution in [0.1, 0.15) is 0 Å². The van der Waals surface area contributed by atoms with Gasteiger partial charge in [-0.15, -0.1) is 0 Å². The zero-order valence-corrected chi connectivity index (χ0v) is 25.3. The maximum absolute atomic E-state index is 6.66. The van der Waals surface area contributed by atoms with E-state index in [4.69, 9.17) is 13.9 Å². The van der Waals surface area contributed by atoms with Gasteiger partial charge in [-0.05, 0) is 88.8 Å². The molecule has 0 bridgehead atoms. The number of rotatable bonds is 4. The molecule has 0 atom stereocenters. The second kappa shape index (κ2) is 10.2. The first-order chi connectivity index (χ1) is 23.3. The van der Waals surface area contributed by atoms with Crippen molar-refractivity contribution in [2.45, 2.75) is 0 Å². The number of fused-ring (bicyclic) bond motifs is 7. The normalized spacial score (nSPS) is 12.6. The number of nitrogens with zero attached hydrogens (tertiary/aromatic N) is 1. The van der Waals surface area contributed by atoms with Crippen molar-refractivity contribution < 1.29 is 13.9 Å². The molecule has 2 aliphatic rings. The van der Waals surface area contributed by atoms with Crippen molar-refractivity contribution in [1.29, 1.82) is 0 Å². The molecule has 0 fully saturated rings. The fraction of sp³-hybridized carbons (Fsp3) is 0. The van der Waals surface area contributed by atoms with Gasteiger partial charge in [0.25, 0.3) is 6.71 Å². The Morgan fingerprint density at radius 3 is 1.74 bits per heavy atom. The molecular formula is C42H26BNO3. The predicted octanol–water partition coefficient (Wildman–Crippen LogP) is 9.45. The number of ether oxygens (including phenoxy) is 2. The SMILES string of the molecule is c1ccc(-c2ccc3c(c2)Oc2cccc4c2B3c2cc3oc5cc(N(c6ccccc6)c6ccccc6)ccc5c3cc2O4)cc1. The van der Waals surface area contributed by atoms with Gasteiger partial charge in [-0.2, -0.15) is 0 Å². The third-order valence-electron chi connectivity index (χ3n) is 9.37. The van der Waals surface area contributed by atoms with E-state index in [1.165, 1.54) is 0 Å². The zero-order valence-electron chi connectivity index (χ0n) is 25.3. The highest BCUT2D eigenvalue weighted by atomic mass is 16.5. The van der Waals surface area contributed by atoms with Crippen molar-refractivity contribution >= 4 is 62.1 Å². The van der Waals surface area contributed by atoms with E-state index >= 15 is 0 Å². The minimum absolute atomic E-state index is 0.0432. The Labute approximate surface area is 272 Å². The van der Waals surface area contributed by atoms with Gasteiger partial charge in [-0.25, -0.2) is 0 Å². The lowest BCUT2D eigenvalue weighted by Gasteiger charge is -2.33. The summed E-state index contributed by atoms with van der Waals surface area (Å²) in [5, 5.41) is 2.08. The lowest BCUT2D eigenvalue weighted by molar-refractivity contribution is 0.465. The van der Waals surface area contributed by atoms with Gasteiger partial charge in [0.1, 0.15) is 34.2 Å². The molecule has 0 N–H and O–H groups in total. The quantitative estimate of drug-likeness (QED) is 0.188. The summed E-state index contributed by atoms with van der Waals surface area (Å²) in [5.41, 5.74) is 10.4. The molecule has 5 heteroatoms. The highest BCUT2D eigenvalue weighted by Gasteiger charge is 2.40. The molecule has 10 rings (SSSR count). The number of anilines is 3. The Kier molecular flexibility index (Phi) is 5.63. The highest BCUT2D eigenvalue weighted by Crippen LogP contribution is 2.41. The first-order valence-corrected chi connectivity index (χ1v) is 15.9. The second-order valence-corrected chi connectivity index (χ2v) is 12.1. The minimum Gasteiger partial charge on any atom is -0.458 e. The Balaban J connectivity index is 1.12. The monoisotopic (exact) mass is 603 g/mol. The molecule has 0 spiro atoms. The van der Waals surface area contributed by atoms with E-state index in [9.17, 15) is 0 Å². The van der Waals surface area contributed by atoms with Crippen LogP contribution in [0, 0.1) is 0 Å². The van der Waals surface area contributed by atoms with Crippen LogP contribution in [0.3, 0.4) is 0 Å². The third kappa shape index (κ3) is 4.10. The van der Waals surface area contributed by atoms with Crippen molar-refractivity contribution in [3.05, 3.63) is 158 Å². The van der Waals surface area contributed by atoms with E-state index in [0.29, 0.717) is 0 Å². The zero-order chi connectivity index (χ0) is 30.9. The molecule has 0 saturated heterocycles. The molecule has 0 saturated carbocycles. The van der Waals surface area contributed by atoms with Gasteiger partial charge >= 0.3 is 0 Å². The number of furan rings is 1. The van der Waals surface area contributed by atoms with E-state index in [1.807, 2.05) is 36.4 Å². The van der Waals surface area contributed by atoms with Crippen molar-refractivity contribution in [2.24, 2.45) is 0 Å². The maximum atomic E-state index is 6.66. The van der Waals surface area contributed by atoms with Crippen molar-refractivity contribution in [3.63, 3.8) is 0 Å². The summed E-state index contributed by atoms with van der Waals surface area (Å²) in [6.45, 7) is -0.0432. The van der Waals surface area contributed by atoms with Crippen LogP contribution < -0.4 is 30.8 Å². The van der Waals surface area contributed by atoms with E-state index in [0.717, 1.165) is 89.5 Å². The van der Waals surface area contributed by atoms with E-state index in [-0.39, 0.29) is 6.71 Å². The van der Waals surface area contributed by atoms with Crippen LogP contribution in [0.4, 0.5) is 17.1 Å². The van der Waals surface area contributed by atoms with Gasteiger partial charge in [0.2, 0.25) is 0 Å². The Morgan fingerprint density at radius 2 is 1.04 bits per heavy atom. The molecule has 1 aromatic heterocycles. The summed E-state index contributed by atoms with van der Waals surface area (Å²) in [5.74, 6) is 3.36. The molecule has 0 amide bonds. The molecule has 0 unspecified atom stereocenters. The van der Waals surface area contributed by atoms with Gasteiger partial charge in [-0.1, -0.05) is 84.9 Å². The minimum atomic E-state index is -0.0432. The lowest BCUT2D eigenvalue weighted by atomic mass is 9.35. The number of hydrogen-bond acceptors (Lipinski definition) is 4. The van der Waals surface area contributed by atoms with Crippen LogP contribution in [0.5, 0.6) is 23.0 Å². The van der Waals surface area contributed by atoms with Crippen LogP contribution in [0.25, 0.3) is 33.1 Å². The topological polar surface area (TPSA) is 34.8 Å². The van der Waals surface area contributed by atoms with E-state index in [1.54, 1.807) is 0 Å². The van der Waals surface area contributed by atoms with Crippen LogP contribution in [0.2, 0.25) is 0 Å². The first-order valence-electron chi connectivity index (χ1n) is 15.9. The highest BCUT2D eigenvalue weighted by molar-refractivity contribution is 6.98. The summed E-state index contributed by atoms with van der Waals surface area (Å²) in [6, 6.07) is 54.7. The Morgan fingerprint density at radius 1 is 0.404 bits per heavy atom. The van der Waals surface area contributed by atoms with Gasteiger partial charge in [0.15, 0.2) is 0 Å². The fourth-order valence-electron chi connectivity index (χ4n) is 7.23. The molecule has 3 heterocycles. The molecule has 47 heavy (non-hydrogen) atoms. The average Bonchev–Trinajstić information content (AvgIpc) is 3.48. The summed E-state index contributed by atoms with van der Waals surface area (Å²) in [7, 11) is 0. The van der Waals surface area contributed by atoms with Crippen molar-refractivity contribution in [2.75, 3.05) is 4.90 Å². The molecule has 8 aromatic rings. The number of para-hydroxylation sites is 2. The molecular weight excluding hydrogens is 577 g/mol. The summed E-state index contributed by atoms with van der Waals surface area (Å²) in [6.07, 6.45) is 0. The van der Waals surface area contributed by atoms with Gasteiger partial charge in [-0.3, -0.25) is 0 Å². The maximum Gasteiger partial charge on any atom is 0.260 e. The fourth-order valence-corrected chi connectivity index (χ4v) is 7.23. The molecule has 0 radical (unpaired) electrons. The summed E-state index contributed by atoms with van der Waals surface area (Å²) in [4.78, 5) is 2.25. The van der Waals surface area contributed by atoms with E-state index in [2.05, 4.69) is 126 Å². The smallest absolute Gasteiger partial charge is 0.260 e. The van der Waals surface area contributed by atoms with Crippen LogP contribution >= 0.6 is 0 Å². The predicted molar refractivity (Wildman–Crippen MR) is 192 cm³/mol. The van der Waals surface area contributed by atoms with Crippen LogP contribution in [0.15, 0.2) is 162 Å². The van der Waals surface area contributed by atoms with Crippen LogP contribution in [-0.4, -0.2) is 6.71 Å². The third-order valence-corrected chi connectivity index (χ3v) is 9.37. The Hall–Kier alpha value is -6.20. The van der Waals surface area contributed by atoms with Crippen LogP contribution in [-0.2, 0) is 0 Å². The number of hydrogen-bond donors (Lipinski definition) is 0. The summed E-state index contributed by atoms with van der Waals surface area (Å²) >= 11 is 0. The second-order valence-electron chi connectivity index (χ2n) is 12.1. The summed E-state index contributed by atoms with van der Waals surface area (Å²) < 4.78 is 19.8. The number of benzene rings is 7. The van der Waals surface area contributed by atoms with Gasteiger partial charge in [0, 0.05) is 39.4 Å². The average molecular weight is 603 g/mol. The molecule has 220 valence electrons. The Bertz CT molecular complexity index is 2440. The van der Waals surface area contributed by atoms with Gasteiger partial charge in [0.05, 0.1) is 0 Å². The molecule has 0 aliphatic carbocycles. The molecule has 7 aromatic carbocycles.